The molecular weight excluding hydrogens is 322 g/mol. The topological polar surface area (TPSA) is 37.4 Å². The normalized spacial score (nSPS) is 10.2. The van der Waals surface area contributed by atoms with Crippen LogP contribution in [0.15, 0.2) is 84.9 Å². The summed E-state index contributed by atoms with van der Waals surface area (Å²) >= 11 is 6.14. The molecule has 3 nitrogen and oxygen atoms in total. The van der Waals surface area contributed by atoms with Crippen LogP contribution in [0.3, 0.4) is 0 Å². The third kappa shape index (κ3) is 3.21. The molecule has 0 aromatic heterocycles. The standard InChI is InChI=1S/C20H14ClNO2/c21-18-14-8-7-13-17(18)20(24)22(16-11-5-2-6-12-16)19(23)15-9-3-1-4-10-15/h1-14H. The van der Waals surface area contributed by atoms with Gasteiger partial charge in [0.1, 0.15) is 0 Å². The highest BCUT2D eigenvalue weighted by Gasteiger charge is 2.26. The number of hydrogen-bond acceptors (Lipinski definition) is 2. The lowest BCUT2D eigenvalue weighted by Crippen LogP contribution is -2.37. The Labute approximate surface area is 145 Å². The van der Waals surface area contributed by atoms with Gasteiger partial charge < -0.3 is 0 Å². The van der Waals surface area contributed by atoms with Crippen molar-refractivity contribution in [3.05, 3.63) is 101 Å². The van der Waals surface area contributed by atoms with Gasteiger partial charge in [-0.15, -0.1) is 0 Å². The molecule has 24 heavy (non-hydrogen) atoms. The molecule has 118 valence electrons. The molecule has 0 bridgehead atoms. The lowest BCUT2D eigenvalue weighted by atomic mass is 10.1. The predicted molar refractivity (Wildman–Crippen MR) is 95.5 cm³/mol. The average Bonchev–Trinajstić information content (AvgIpc) is 2.64. The monoisotopic (exact) mass is 335 g/mol. The van der Waals surface area contributed by atoms with E-state index in [9.17, 15) is 9.59 Å². The lowest BCUT2D eigenvalue weighted by Gasteiger charge is -2.21. The fourth-order valence-electron chi connectivity index (χ4n) is 2.37. The van der Waals surface area contributed by atoms with E-state index in [4.69, 9.17) is 11.6 Å². The summed E-state index contributed by atoms with van der Waals surface area (Å²) in [6.07, 6.45) is 0. The summed E-state index contributed by atoms with van der Waals surface area (Å²) < 4.78 is 0. The van der Waals surface area contributed by atoms with E-state index in [0.717, 1.165) is 4.90 Å². The molecule has 0 unspecified atom stereocenters. The molecule has 3 aromatic rings. The van der Waals surface area contributed by atoms with Gasteiger partial charge in [0.2, 0.25) is 0 Å². The van der Waals surface area contributed by atoms with E-state index >= 15 is 0 Å². The third-order valence-corrected chi connectivity index (χ3v) is 3.88. The van der Waals surface area contributed by atoms with Gasteiger partial charge >= 0.3 is 0 Å². The van der Waals surface area contributed by atoms with Crippen LogP contribution in [-0.2, 0) is 0 Å². The van der Waals surface area contributed by atoms with Crippen LogP contribution < -0.4 is 4.90 Å². The summed E-state index contributed by atoms with van der Waals surface area (Å²) in [5, 5.41) is 0.310. The Balaban J connectivity index is 2.08. The molecule has 0 saturated heterocycles. The quantitative estimate of drug-likeness (QED) is 0.643. The van der Waals surface area contributed by atoms with Gasteiger partial charge in [0, 0.05) is 5.56 Å². The zero-order valence-electron chi connectivity index (χ0n) is 12.7. The molecule has 0 fully saturated rings. The summed E-state index contributed by atoms with van der Waals surface area (Å²) in [5.41, 5.74) is 1.21. The van der Waals surface area contributed by atoms with Crippen molar-refractivity contribution in [1.82, 2.24) is 0 Å². The molecule has 0 aliphatic carbocycles. The highest BCUT2D eigenvalue weighted by Crippen LogP contribution is 2.23. The summed E-state index contributed by atoms with van der Waals surface area (Å²) in [4.78, 5) is 27.1. The van der Waals surface area contributed by atoms with E-state index in [1.807, 2.05) is 12.1 Å². The molecule has 0 heterocycles. The predicted octanol–water partition coefficient (Wildman–Crippen LogP) is 4.83. The second-order valence-electron chi connectivity index (χ2n) is 5.13. The fourth-order valence-corrected chi connectivity index (χ4v) is 2.59. The first-order valence-electron chi connectivity index (χ1n) is 7.42. The molecule has 0 N–H and O–H groups in total. The van der Waals surface area contributed by atoms with Gasteiger partial charge in [0.05, 0.1) is 16.3 Å². The number of nitrogens with zero attached hydrogens (tertiary/aromatic N) is 1. The SMILES string of the molecule is O=C(c1ccccc1)N(C(=O)c1ccccc1Cl)c1ccccc1. The van der Waals surface area contributed by atoms with Crippen molar-refractivity contribution in [3.8, 4) is 0 Å². The van der Waals surface area contributed by atoms with Gasteiger partial charge in [0.15, 0.2) is 0 Å². The van der Waals surface area contributed by atoms with Gasteiger partial charge in [0.25, 0.3) is 11.8 Å². The maximum Gasteiger partial charge on any atom is 0.266 e. The van der Waals surface area contributed by atoms with Crippen LogP contribution in [-0.4, -0.2) is 11.8 Å². The van der Waals surface area contributed by atoms with Gasteiger partial charge in [-0.05, 0) is 36.4 Å². The first-order valence-corrected chi connectivity index (χ1v) is 7.79. The molecule has 3 rings (SSSR count). The fraction of sp³-hybridized carbons (Fsp3) is 0. The molecule has 0 atom stereocenters. The van der Waals surface area contributed by atoms with E-state index in [-0.39, 0.29) is 5.56 Å². The Morgan fingerprint density at radius 3 is 1.83 bits per heavy atom. The maximum atomic E-state index is 13.0. The zero-order valence-corrected chi connectivity index (χ0v) is 13.5. The van der Waals surface area contributed by atoms with Crippen molar-refractivity contribution in [2.45, 2.75) is 0 Å². The highest BCUT2D eigenvalue weighted by atomic mass is 35.5. The van der Waals surface area contributed by atoms with E-state index in [1.54, 1.807) is 72.8 Å². The van der Waals surface area contributed by atoms with E-state index in [2.05, 4.69) is 0 Å². The largest absolute Gasteiger partial charge is 0.268 e. The van der Waals surface area contributed by atoms with Crippen molar-refractivity contribution in [3.63, 3.8) is 0 Å². The summed E-state index contributed by atoms with van der Waals surface area (Å²) in [6, 6.07) is 24.2. The summed E-state index contributed by atoms with van der Waals surface area (Å²) in [5.74, 6) is -0.854. The number of para-hydroxylation sites is 1. The first kappa shape index (κ1) is 16.0. The second kappa shape index (κ2) is 7.11. The Bertz CT molecular complexity index is 863. The Morgan fingerprint density at radius 2 is 1.21 bits per heavy atom. The molecule has 0 spiro atoms. The first-order chi connectivity index (χ1) is 11.7. The number of benzene rings is 3. The molecule has 4 heteroatoms. The number of rotatable bonds is 3. The summed E-state index contributed by atoms with van der Waals surface area (Å²) in [6.45, 7) is 0. The molecule has 0 radical (unpaired) electrons. The molecule has 2 amide bonds. The van der Waals surface area contributed by atoms with E-state index in [1.165, 1.54) is 0 Å². The number of hydrogen-bond donors (Lipinski definition) is 0. The van der Waals surface area contributed by atoms with Gasteiger partial charge in [-0.25, -0.2) is 4.90 Å². The van der Waals surface area contributed by atoms with Gasteiger partial charge in [-0.1, -0.05) is 60.1 Å². The minimum absolute atomic E-state index is 0.285. The number of carbonyl (C=O) groups excluding carboxylic acids is 2. The van der Waals surface area contributed by atoms with Crippen molar-refractivity contribution in [1.29, 1.82) is 0 Å². The zero-order chi connectivity index (χ0) is 16.9. The van der Waals surface area contributed by atoms with E-state index < -0.39 is 11.8 Å². The third-order valence-electron chi connectivity index (χ3n) is 3.55. The molecule has 0 aliphatic heterocycles. The van der Waals surface area contributed by atoms with Crippen molar-refractivity contribution < 1.29 is 9.59 Å². The highest BCUT2D eigenvalue weighted by molar-refractivity contribution is 6.36. The smallest absolute Gasteiger partial charge is 0.266 e. The molecular formula is C20H14ClNO2. The Kier molecular flexibility index (Phi) is 4.73. The molecule has 0 saturated carbocycles. The van der Waals surface area contributed by atoms with Crippen molar-refractivity contribution in [2.24, 2.45) is 0 Å². The number of halogens is 1. The van der Waals surface area contributed by atoms with E-state index in [0.29, 0.717) is 16.3 Å². The number of anilines is 1. The van der Waals surface area contributed by atoms with Gasteiger partial charge in [-0.2, -0.15) is 0 Å². The van der Waals surface area contributed by atoms with Gasteiger partial charge in [-0.3, -0.25) is 9.59 Å². The van der Waals surface area contributed by atoms with Crippen LogP contribution >= 0.6 is 11.6 Å². The molecule has 3 aromatic carbocycles. The van der Waals surface area contributed by atoms with Crippen LogP contribution in [0.5, 0.6) is 0 Å². The van der Waals surface area contributed by atoms with Crippen LogP contribution in [0, 0.1) is 0 Å². The number of imide groups is 1. The summed E-state index contributed by atoms with van der Waals surface area (Å²) in [7, 11) is 0. The Morgan fingerprint density at radius 1 is 0.667 bits per heavy atom. The lowest BCUT2D eigenvalue weighted by molar-refractivity contribution is 0.0898. The molecule has 0 aliphatic rings. The van der Waals surface area contributed by atoms with Crippen LogP contribution in [0.2, 0.25) is 5.02 Å². The minimum Gasteiger partial charge on any atom is -0.268 e. The second-order valence-corrected chi connectivity index (χ2v) is 5.53. The van der Waals surface area contributed by atoms with Crippen LogP contribution in [0.1, 0.15) is 20.7 Å². The Hall–Kier alpha value is -2.91. The number of amides is 2. The minimum atomic E-state index is -0.458. The average molecular weight is 336 g/mol. The maximum absolute atomic E-state index is 13.0. The van der Waals surface area contributed by atoms with Crippen molar-refractivity contribution in [2.75, 3.05) is 4.90 Å². The number of carbonyl (C=O) groups is 2. The van der Waals surface area contributed by atoms with Crippen LogP contribution in [0.4, 0.5) is 5.69 Å². The van der Waals surface area contributed by atoms with Crippen molar-refractivity contribution >= 4 is 29.1 Å². The van der Waals surface area contributed by atoms with Crippen LogP contribution in [0.25, 0.3) is 0 Å².